The van der Waals surface area contributed by atoms with Crippen LogP contribution in [0.25, 0.3) is 0 Å². The highest BCUT2D eigenvalue weighted by atomic mass is 16.5. The van der Waals surface area contributed by atoms with Crippen molar-refractivity contribution in [2.75, 3.05) is 11.4 Å². The number of nitrogens with two attached hydrogens (primary N) is 1. The van der Waals surface area contributed by atoms with Gasteiger partial charge in [0.15, 0.2) is 0 Å². The zero-order chi connectivity index (χ0) is 14.4. The first kappa shape index (κ1) is 14.8. The molecule has 0 aliphatic carbocycles. The fourth-order valence-electron chi connectivity index (χ4n) is 1.51. The average Bonchev–Trinajstić information content (AvgIpc) is 2.39. The van der Waals surface area contributed by atoms with Crippen molar-refractivity contribution in [1.82, 2.24) is 0 Å². The molecule has 2 N–H and O–H groups in total. The number of carbonyl (C=O) groups excluding carboxylic acids is 3. The average molecular weight is 264 g/mol. The fraction of sp³-hybridized carbons (Fsp3) is 0.308. The minimum atomic E-state index is -0.480. The predicted molar refractivity (Wildman–Crippen MR) is 69.6 cm³/mol. The molecule has 0 saturated heterocycles. The van der Waals surface area contributed by atoms with Crippen LogP contribution in [0.15, 0.2) is 24.3 Å². The lowest BCUT2D eigenvalue weighted by molar-refractivity contribution is -0.132. The Morgan fingerprint density at radius 3 is 2.16 bits per heavy atom. The summed E-state index contributed by atoms with van der Waals surface area (Å²) < 4.78 is 4.87. The van der Waals surface area contributed by atoms with Crippen LogP contribution in [0.4, 0.5) is 5.69 Å². The molecule has 0 atom stereocenters. The normalized spacial score (nSPS) is 9.84. The molecule has 0 aliphatic heterocycles. The third-order valence-electron chi connectivity index (χ3n) is 2.33. The number of ether oxygens (including phenoxy) is 1. The third-order valence-corrected chi connectivity index (χ3v) is 2.33. The first-order valence-corrected chi connectivity index (χ1v) is 5.84. The van der Waals surface area contributed by atoms with E-state index in [-0.39, 0.29) is 18.9 Å². The second-order valence-electron chi connectivity index (χ2n) is 3.77. The van der Waals surface area contributed by atoms with E-state index >= 15 is 0 Å². The lowest BCUT2D eigenvalue weighted by atomic mass is 10.2. The smallest absolute Gasteiger partial charge is 0.308 e. The summed E-state index contributed by atoms with van der Waals surface area (Å²) in [5.41, 5.74) is 5.69. The van der Waals surface area contributed by atoms with Gasteiger partial charge >= 0.3 is 5.97 Å². The summed E-state index contributed by atoms with van der Waals surface area (Å²) in [5.74, 6) is -0.907. The van der Waals surface area contributed by atoms with Crippen molar-refractivity contribution >= 4 is 23.5 Å². The Balaban J connectivity index is 3.00. The second kappa shape index (κ2) is 6.65. The Hall–Kier alpha value is -2.21. The van der Waals surface area contributed by atoms with Gasteiger partial charge in [0.25, 0.3) is 0 Å². The van der Waals surface area contributed by atoms with Gasteiger partial charge in [-0.05, 0) is 24.3 Å². The quantitative estimate of drug-likeness (QED) is 0.643. The van der Waals surface area contributed by atoms with E-state index in [0.717, 1.165) is 4.90 Å². The molecule has 0 unspecified atom stereocenters. The summed E-state index contributed by atoms with van der Waals surface area (Å²) in [6, 6.07) is 6.08. The van der Waals surface area contributed by atoms with Gasteiger partial charge in [-0.1, -0.05) is 6.92 Å². The summed E-state index contributed by atoms with van der Waals surface area (Å²) in [6.45, 7) is 2.70. The van der Waals surface area contributed by atoms with Crippen LogP contribution in [0.5, 0.6) is 5.75 Å². The number of imide groups is 1. The highest BCUT2D eigenvalue weighted by molar-refractivity contribution is 6.15. The predicted octanol–water partition coefficient (Wildman–Crippen LogP) is 0.840. The molecule has 1 rings (SSSR count). The van der Waals surface area contributed by atoms with E-state index < -0.39 is 11.9 Å². The van der Waals surface area contributed by atoms with Crippen molar-refractivity contribution in [3.05, 3.63) is 24.3 Å². The molecule has 1 aromatic rings. The summed E-state index contributed by atoms with van der Waals surface area (Å²) in [4.78, 5) is 35.2. The zero-order valence-electron chi connectivity index (χ0n) is 10.9. The van der Waals surface area contributed by atoms with Crippen LogP contribution in [0, 0.1) is 0 Å². The standard InChI is InChI=1S/C13H16N2O4/c1-3-12(17)15(13(18)8-14)10-4-6-11(7-5-10)19-9(2)16/h4-7H,3,8,14H2,1-2H3. The first-order chi connectivity index (χ1) is 8.99. The molecule has 0 aromatic heterocycles. The molecule has 0 spiro atoms. The van der Waals surface area contributed by atoms with E-state index in [4.69, 9.17) is 10.5 Å². The van der Waals surface area contributed by atoms with Gasteiger partial charge in [-0.25, -0.2) is 4.90 Å². The van der Waals surface area contributed by atoms with Gasteiger partial charge in [0, 0.05) is 13.3 Å². The fourth-order valence-corrected chi connectivity index (χ4v) is 1.51. The molecule has 0 fully saturated rings. The van der Waals surface area contributed by atoms with Crippen LogP contribution >= 0.6 is 0 Å². The molecule has 0 heterocycles. The van der Waals surface area contributed by atoms with E-state index in [9.17, 15) is 14.4 Å². The Morgan fingerprint density at radius 2 is 1.74 bits per heavy atom. The number of hydrogen-bond donors (Lipinski definition) is 1. The van der Waals surface area contributed by atoms with Gasteiger partial charge in [0.2, 0.25) is 11.8 Å². The van der Waals surface area contributed by atoms with Gasteiger partial charge < -0.3 is 10.5 Å². The van der Waals surface area contributed by atoms with Crippen molar-refractivity contribution in [2.45, 2.75) is 20.3 Å². The number of amides is 2. The van der Waals surface area contributed by atoms with E-state index in [0.29, 0.717) is 11.4 Å². The van der Waals surface area contributed by atoms with Gasteiger partial charge in [-0.3, -0.25) is 14.4 Å². The summed E-state index contributed by atoms with van der Waals surface area (Å²) in [7, 11) is 0. The van der Waals surface area contributed by atoms with E-state index in [1.54, 1.807) is 6.92 Å². The lowest BCUT2D eigenvalue weighted by Crippen LogP contribution is -2.40. The van der Waals surface area contributed by atoms with Gasteiger partial charge in [-0.15, -0.1) is 0 Å². The Morgan fingerprint density at radius 1 is 1.16 bits per heavy atom. The summed E-state index contributed by atoms with van der Waals surface area (Å²) in [6.07, 6.45) is 0.192. The highest BCUT2D eigenvalue weighted by Gasteiger charge is 2.20. The molecule has 2 amide bonds. The maximum Gasteiger partial charge on any atom is 0.308 e. The maximum atomic E-state index is 11.7. The lowest BCUT2D eigenvalue weighted by Gasteiger charge is -2.19. The number of carbonyl (C=O) groups is 3. The molecule has 19 heavy (non-hydrogen) atoms. The number of hydrogen-bond acceptors (Lipinski definition) is 5. The molecule has 0 saturated carbocycles. The number of anilines is 1. The Labute approximate surface area is 111 Å². The van der Waals surface area contributed by atoms with Crippen molar-refractivity contribution in [2.24, 2.45) is 5.73 Å². The van der Waals surface area contributed by atoms with Crippen LogP contribution in [0.3, 0.4) is 0 Å². The van der Waals surface area contributed by atoms with Gasteiger partial charge in [0.1, 0.15) is 5.75 Å². The topological polar surface area (TPSA) is 89.7 Å². The van der Waals surface area contributed by atoms with Crippen LogP contribution in [-0.4, -0.2) is 24.3 Å². The molecule has 6 nitrogen and oxygen atoms in total. The molecular formula is C13H16N2O4. The van der Waals surface area contributed by atoms with Crippen LogP contribution in [-0.2, 0) is 14.4 Å². The first-order valence-electron chi connectivity index (χ1n) is 5.84. The molecule has 0 aliphatic rings. The molecule has 6 heteroatoms. The molecule has 0 radical (unpaired) electrons. The van der Waals surface area contributed by atoms with Crippen molar-refractivity contribution in [1.29, 1.82) is 0 Å². The highest BCUT2D eigenvalue weighted by Crippen LogP contribution is 2.20. The van der Waals surface area contributed by atoms with Crippen molar-refractivity contribution in [3.8, 4) is 5.75 Å². The van der Waals surface area contributed by atoms with E-state index in [2.05, 4.69) is 0 Å². The summed E-state index contributed by atoms with van der Waals surface area (Å²) in [5, 5.41) is 0. The Bertz CT molecular complexity index is 466. The second-order valence-corrected chi connectivity index (χ2v) is 3.77. The molecule has 102 valence electrons. The SMILES string of the molecule is CCC(=O)N(C(=O)CN)c1ccc(OC(C)=O)cc1. The van der Waals surface area contributed by atoms with Crippen molar-refractivity contribution < 1.29 is 19.1 Å². The van der Waals surface area contributed by atoms with Crippen LogP contribution < -0.4 is 15.4 Å². The Kier molecular flexibility index (Phi) is 5.20. The molecule has 1 aromatic carbocycles. The number of esters is 1. The number of rotatable bonds is 4. The zero-order valence-corrected chi connectivity index (χ0v) is 10.9. The summed E-state index contributed by atoms with van der Waals surface area (Å²) >= 11 is 0. The third kappa shape index (κ3) is 3.89. The van der Waals surface area contributed by atoms with Crippen LogP contribution in [0.1, 0.15) is 20.3 Å². The van der Waals surface area contributed by atoms with Gasteiger partial charge in [-0.2, -0.15) is 0 Å². The largest absolute Gasteiger partial charge is 0.427 e. The van der Waals surface area contributed by atoms with Crippen LogP contribution in [0.2, 0.25) is 0 Å². The van der Waals surface area contributed by atoms with Crippen molar-refractivity contribution in [3.63, 3.8) is 0 Å². The molecular weight excluding hydrogens is 248 g/mol. The minimum Gasteiger partial charge on any atom is -0.427 e. The minimum absolute atomic E-state index is 0.192. The maximum absolute atomic E-state index is 11.7. The number of benzene rings is 1. The number of nitrogens with zero attached hydrogens (tertiary/aromatic N) is 1. The molecule has 0 bridgehead atoms. The van der Waals surface area contributed by atoms with E-state index in [1.807, 2.05) is 0 Å². The monoisotopic (exact) mass is 264 g/mol. The van der Waals surface area contributed by atoms with E-state index in [1.165, 1.54) is 31.2 Å². The van der Waals surface area contributed by atoms with Gasteiger partial charge in [0.05, 0.1) is 12.2 Å².